The van der Waals surface area contributed by atoms with Gasteiger partial charge in [-0.25, -0.2) is 9.59 Å². The number of aromatic nitrogens is 2. The fourth-order valence-corrected chi connectivity index (χ4v) is 3.87. The Morgan fingerprint density at radius 2 is 1.89 bits per heavy atom. The van der Waals surface area contributed by atoms with Crippen LogP contribution in [0.25, 0.3) is 5.57 Å². The van der Waals surface area contributed by atoms with E-state index in [2.05, 4.69) is 15.3 Å². The van der Waals surface area contributed by atoms with Crippen LogP contribution in [0.5, 0.6) is 0 Å². The van der Waals surface area contributed by atoms with Crippen molar-refractivity contribution < 1.29 is 19.1 Å². The van der Waals surface area contributed by atoms with Crippen molar-refractivity contribution >= 4 is 17.5 Å². The number of methoxy groups -OCH3 is 1. The first-order valence-corrected chi connectivity index (χ1v) is 9.17. The van der Waals surface area contributed by atoms with Crippen LogP contribution in [-0.2, 0) is 20.7 Å². The zero-order valence-corrected chi connectivity index (χ0v) is 15.9. The van der Waals surface area contributed by atoms with Crippen LogP contribution in [0, 0.1) is 0 Å². The van der Waals surface area contributed by atoms with Gasteiger partial charge in [-0.2, -0.15) is 0 Å². The molecule has 2 aliphatic rings. The van der Waals surface area contributed by atoms with E-state index < -0.39 is 11.9 Å². The lowest BCUT2D eigenvalue weighted by Gasteiger charge is -2.24. The van der Waals surface area contributed by atoms with Crippen molar-refractivity contribution in [2.45, 2.75) is 38.3 Å². The summed E-state index contributed by atoms with van der Waals surface area (Å²) < 4.78 is 10.7. The topological polar surface area (TPSA) is 90.4 Å². The van der Waals surface area contributed by atoms with Crippen LogP contribution in [0.3, 0.4) is 0 Å². The minimum absolute atomic E-state index is 0.0657. The van der Waals surface area contributed by atoms with Crippen LogP contribution >= 0.6 is 0 Å². The fourth-order valence-electron chi connectivity index (χ4n) is 3.87. The highest BCUT2D eigenvalue weighted by molar-refractivity contribution is 6.17. The molecule has 3 unspecified atom stereocenters. The molecule has 28 heavy (non-hydrogen) atoms. The first-order chi connectivity index (χ1) is 13.5. The van der Waals surface area contributed by atoms with Crippen molar-refractivity contribution in [3.05, 3.63) is 64.9 Å². The molecule has 3 heterocycles. The molecule has 1 N–H and O–H groups in total. The second-order valence-corrected chi connectivity index (χ2v) is 7.09. The van der Waals surface area contributed by atoms with Gasteiger partial charge in [-0.3, -0.25) is 9.97 Å². The smallest absolute Gasteiger partial charge is 0.340 e. The van der Waals surface area contributed by atoms with Gasteiger partial charge in [0.2, 0.25) is 0 Å². The lowest BCUT2D eigenvalue weighted by atomic mass is 9.95. The summed E-state index contributed by atoms with van der Waals surface area (Å²) in [5, 5.41) is 3.18. The minimum Gasteiger partial charge on any atom is -0.465 e. The quantitative estimate of drug-likeness (QED) is 0.820. The lowest BCUT2D eigenvalue weighted by Crippen LogP contribution is -2.26. The molecule has 2 aromatic rings. The van der Waals surface area contributed by atoms with Gasteiger partial charge in [0.1, 0.15) is 6.10 Å². The maximum absolute atomic E-state index is 12.9. The Morgan fingerprint density at radius 3 is 2.68 bits per heavy atom. The van der Waals surface area contributed by atoms with E-state index in [1.54, 1.807) is 24.8 Å². The molecule has 3 atom stereocenters. The van der Waals surface area contributed by atoms with Crippen LogP contribution < -0.4 is 5.32 Å². The molecule has 0 spiro atoms. The summed E-state index contributed by atoms with van der Waals surface area (Å²) in [5.41, 5.74) is 4.43. The van der Waals surface area contributed by atoms with Gasteiger partial charge in [0.05, 0.1) is 24.3 Å². The number of rotatable bonds is 3. The predicted octanol–water partition coefficient (Wildman–Crippen LogP) is 2.54. The van der Waals surface area contributed by atoms with E-state index in [9.17, 15) is 9.59 Å². The molecule has 144 valence electrons. The van der Waals surface area contributed by atoms with Crippen molar-refractivity contribution in [1.82, 2.24) is 15.3 Å². The third-order valence-corrected chi connectivity index (χ3v) is 5.51. The molecule has 7 heteroatoms. The van der Waals surface area contributed by atoms with E-state index in [1.807, 2.05) is 19.9 Å². The van der Waals surface area contributed by atoms with E-state index >= 15 is 0 Å². The molecule has 0 bridgehead atoms. The molecule has 0 saturated heterocycles. The fraction of sp³-hybridized carbons (Fsp3) is 0.333. The Hall–Kier alpha value is -3.22. The highest BCUT2D eigenvalue weighted by atomic mass is 16.5. The molecule has 0 saturated carbocycles. The number of carbonyl (C=O) groups excluding carboxylic acids is 2. The second-order valence-electron chi connectivity index (χ2n) is 7.09. The summed E-state index contributed by atoms with van der Waals surface area (Å²) in [6.45, 7) is 3.98. The van der Waals surface area contributed by atoms with Gasteiger partial charge in [-0.05, 0) is 29.7 Å². The number of hydrogen-bond acceptors (Lipinski definition) is 7. The number of nitrogens with zero attached hydrogens (tertiary/aromatic N) is 2. The predicted molar refractivity (Wildman–Crippen MR) is 101 cm³/mol. The molecule has 0 fully saturated rings. The van der Waals surface area contributed by atoms with E-state index in [0.717, 1.165) is 22.3 Å². The molecule has 0 radical (unpaired) electrons. The average molecular weight is 379 g/mol. The van der Waals surface area contributed by atoms with Gasteiger partial charge >= 0.3 is 11.9 Å². The van der Waals surface area contributed by atoms with Crippen molar-refractivity contribution in [3.8, 4) is 0 Å². The number of nitrogens with one attached hydrogen (secondary N) is 1. The largest absolute Gasteiger partial charge is 0.465 e. The molecule has 7 nitrogen and oxygen atoms in total. The number of fused-ring (bicyclic) bond motifs is 2. The van der Waals surface area contributed by atoms with Gasteiger partial charge in [-0.15, -0.1) is 0 Å². The molecule has 0 amide bonds. The molecule has 1 aliphatic carbocycles. The lowest BCUT2D eigenvalue weighted by molar-refractivity contribution is -0.142. The first kappa shape index (κ1) is 18.2. The van der Waals surface area contributed by atoms with Crippen molar-refractivity contribution in [2.24, 2.45) is 0 Å². The Morgan fingerprint density at radius 1 is 1.11 bits per heavy atom. The van der Waals surface area contributed by atoms with E-state index in [-0.39, 0.29) is 18.1 Å². The van der Waals surface area contributed by atoms with Crippen LogP contribution in [0.1, 0.15) is 58.4 Å². The van der Waals surface area contributed by atoms with Crippen LogP contribution in [-0.4, -0.2) is 35.1 Å². The summed E-state index contributed by atoms with van der Waals surface area (Å²) in [7, 11) is 1.34. The zero-order chi connectivity index (χ0) is 19.8. The number of esters is 2. The Bertz CT molecular complexity index is 985. The van der Waals surface area contributed by atoms with Crippen molar-refractivity contribution in [1.29, 1.82) is 0 Å². The molecule has 4 rings (SSSR count). The molecular weight excluding hydrogens is 358 g/mol. The summed E-state index contributed by atoms with van der Waals surface area (Å²) in [6.07, 6.45) is 8.43. The first-order valence-electron chi connectivity index (χ1n) is 9.17. The highest BCUT2D eigenvalue weighted by Crippen LogP contribution is 2.38. The second kappa shape index (κ2) is 7.07. The Balaban J connectivity index is 1.58. The van der Waals surface area contributed by atoms with Crippen molar-refractivity contribution in [3.63, 3.8) is 0 Å². The summed E-state index contributed by atoms with van der Waals surface area (Å²) in [4.78, 5) is 33.3. The van der Waals surface area contributed by atoms with Crippen LogP contribution in [0.4, 0.5) is 0 Å². The van der Waals surface area contributed by atoms with Gasteiger partial charge in [-0.1, -0.05) is 6.92 Å². The number of pyridine rings is 2. The molecule has 2 aromatic heterocycles. The van der Waals surface area contributed by atoms with Gasteiger partial charge in [0, 0.05) is 48.9 Å². The number of ether oxygens (including phenoxy) is 2. The maximum Gasteiger partial charge on any atom is 0.340 e. The number of carbonyl (C=O) groups is 2. The number of hydrogen-bond donors (Lipinski definition) is 1. The Labute approximate surface area is 162 Å². The monoisotopic (exact) mass is 379 g/mol. The van der Waals surface area contributed by atoms with E-state index in [1.165, 1.54) is 13.3 Å². The average Bonchev–Trinajstić information content (AvgIpc) is 3.03. The van der Waals surface area contributed by atoms with Crippen LogP contribution in [0.15, 0.2) is 37.1 Å². The molecule has 0 aromatic carbocycles. The van der Waals surface area contributed by atoms with E-state index in [4.69, 9.17) is 9.47 Å². The minimum atomic E-state index is -0.432. The molecule has 1 aliphatic heterocycles. The maximum atomic E-state index is 12.9. The summed E-state index contributed by atoms with van der Waals surface area (Å²) >= 11 is 0. The third kappa shape index (κ3) is 2.93. The van der Waals surface area contributed by atoms with E-state index in [0.29, 0.717) is 17.6 Å². The van der Waals surface area contributed by atoms with Crippen molar-refractivity contribution in [2.75, 3.05) is 7.11 Å². The van der Waals surface area contributed by atoms with Gasteiger partial charge < -0.3 is 14.8 Å². The highest BCUT2D eigenvalue weighted by Gasteiger charge is 2.36. The summed E-state index contributed by atoms with van der Waals surface area (Å²) in [5.74, 6) is -0.897. The zero-order valence-electron chi connectivity index (χ0n) is 15.9. The van der Waals surface area contributed by atoms with Gasteiger partial charge in [0.15, 0.2) is 0 Å². The standard InChI is InChI=1S/C21H21N3O4/c1-11-15-7-23-9-17(20(25)27-3)14(15)6-19(11)28-21(26)18-10-24-12(2)16-8-22-5-4-13(16)18/h4-5,7-12,19,24H,6H2,1-3H3. The summed E-state index contributed by atoms with van der Waals surface area (Å²) in [6, 6.07) is 1.90. The van der Waals surface area contributed by atoms with Gasteiger partial charge in [0.25, 0.3) is 0 Å². The Kier molecular flexibility index (Phi) is 4.58. The van der Waals surface area contributed by atoms with Crippen LogP contribution in [0.2, 0.25) is 0 Å². The molecular formula is C21H21N3O4. The SMILES string of the molecule is COC(=O)c1cncc2c1CC(OC(=O)C1=CNC(C)c3cnccc31)C2C. The normalized spacial score (nSPS) is 22.4. The third-order valence-electron chi connectivity index (χ3n) is 5.51.